The highest BCUT2D eigenvalue weighted by atomic mass is 16.6. The van der Waals surface area contributed by atoms with Gasteiger partial charge in [0.25, 0.3) is 0 Å². The highest BCUT2D eigenvalue weighted by Gasteiger charge is 2.27. The lowest BCUT2D eigenvalue weighted by Gasteiger charge is -2.22. The molecule has 1 atom stereocenters. The summed E-state index contributed by atoms with van der Waals surface area (Å²) in [5, 5.41) is 5.19. The van der Waals surface area contributed by atoms with Crippen LogP contribution in [0.1, 0.15) is 38.3 Å². The highest BCUT2D eigenvalue weighted by Crippen LogP contribution is 2.37. The van der Waals surface area contributed by atoms with E-state index in [-0.39, 0.29) is 6.42 Å². The molecule has 0 saturated carbocycles. The van der Waals surface area contributed by atoms with Crippen LogP contribution in [0.15, 0.2) is 42.5 Å². The number of alkyl carbamates (subject to hydrolysis) is 1. The molecule has 1 aliphatic rings. The number of benzene rings is 2. The van der Waals surface area contributed by atoms with E-state index in [0.29, 0.717) is 5.69 Å². The van der Waals surface area contributed by atoms with E-state index >= 15 is 0 Å². The van der Waals surface area contributed by atoms with Gasteiger partial charge in [-0.1, -0.05) is 30.3 Å². The minimum atomic E-state index is -1.15. The van der Waals surface area contributed by atoms with Crippen molar-refractivity contribution in [2.45, 2.75) is 45.3 Å². The molecule has 2 N–H and O–H groups in total. The molecule has 0 unspecified atom stereocenters. The molecule has 0 saturated heterocycles. The number of fused-ring (bicyclic) bond motifs is 3. The van der Waals surface area contributed by atoms with Crippen molar-refractivity contribution in [3.8, 4) is 11.1 Å². The number of esters is 1. The second-order valence-electron chi connectivity index (χ2n) is 8.18. The maximum atomic E-state index is 12.5. The van der Waals surface area contributed by atoms with Gasteiger partial charge in [0.05, 0.1) is 13.5 Å². The smallest absolute Gasteiger partial charge is 0.408 e. The van der Waals surface area contributed by atoms with Gasteiger partial charge in [-0.2, -0.15) is 0 Å². The van der Waals surface area contributed by atoms with Crippen molar-refractivity contribution in [2.75, 3.05) is 12.4 Å². The third-order valence-corrected chi connectivity index (χ3v) is 4.64. The summed E-state index contributed by atoms with van der Waals surface area (Å²) in [7, 11) is 1.20. The Hall–Kier alpha value is -3.35. The predicted molar refractivity (Wildman–Crippen MR) is 113 cm³/mol. The van der Waals surface area contributed by atoms with E-state index in [2.05, 4.69) is 22.8 Å². The van der Waals surface area contributed by atoms with Crippen LogP contribution in [-0.4, -0.2) is 36.7 Å². The number of methoxy groups -OCH3 is 1. The van der Waals surface area contributed by atoms with E-state index in [0.717, 1.165) is 17.5 Å². The van der Waals surface area contributed by atoms with Crippen LogP contribution in [0.4, 0.5) is 10.5 Å². The lowest BCUT2D eigenvalue weighted by atomic mass is 10.1. The first-order chi connectivity index (χ1) is 14.2. The Morgan fingerprint density at radius 1 is 1.03 bits per heavy atom. The second-order valence-corrected chi connectivity index (χ2v) is 8.18. The van der Waals surface area contributed by atoms with Crippen LogP contribution >= 0.6 is 0 Å². The first-order valence-corrected chi connectivity index (χ1v) is 9.74. The molecule has 0 aliphatic heterocycles. The average molecular weight is 410 g/mol. The molecule has 0 aromatic heterocycles. The molecule has 2 amide bonds. The van der Waals surface area contributed by atoms with Crippen LogP contribution in [0.25, 0.3) is 11.1 Å². The number of rotatable bonds is 5. The van der Waals surface area contributed by atoms with Crippen molar-refractivity contribution in [1.29, 1.82) is 0 Å². The van der Waals surface area contributed by atoms with Crippen molar-refractivity contribution in [2.24, 2.45) is 0 Å². The van der Waals surface area contributed by atoms with Gasteiger partial charge in [0.2, 0.25) is 5.91 Å². The summed E-state index contributed by atoms with van der Waals surface area (Å²) < 4.78 is 9.86. The minimum absolute atomic E-state index is 0.275. The average Bonchev–Trinajstić information content (AvgIpc) is 3.03. The Kier molecular flexibility index (Phi) is 6.10. The molecule has 158 valence electrons. The standard InChI is InChI=1S/C23H26N2O5/c1-23(2,3)30-22(28)25-19(21(27)29-4)13-20(26)24-16-9-10-18-15(12-16)11-14-7-5-6-8-17(14)18/h5-10,12,19H,11,13H2,1-4H3,(H,24,26)(H,25,28)/t19-/m0/s1. The number of ether oxygens (including phenoxy) is 2. The summed E-state index contributed by atoms with van der Waals surface area (Å²) in [5.41, 5.74) is 4.65. The zero-order valence-corrected chi connectivity index (χ0v) is 17.6. The van der Waals surface area contributed by atoms with E-state index in [1.165, 1.54) is 18.2 Å². The Labute approximate surface area is 175 Å². The molecule has 30 heavy (non-hydrogen) atoms. The van der Waals surface area contributed by atoms with Crippen LogP contribution in [-0.2, 0) is 25.5 Å². The third-order valence-electron chi connectivity index (χ3n) is 4.64. The third kappa shape index (κ3) is 5.17. The lowest BCUT2D eigenvalue weighted by molar-refractivity contribution is -0.144. The first-order valence-electron chi connectivity index (χ1n) is 9.74. The lowest BCUT2D eigenvalue weighted by Crippen LogP contribution is -2.45. The quantitative estimate of drug-likeness (QED) is 0.626. The number of amides is 2. The number of carbonyl (C=O) groups excluding carboxylic acids is 3. The van der Waals surface area contributed by atoms with E-state index in [4.69, 9.17) is 9.47 Å². The van der Waals surface area contributed by atoms with Crippen molar-refractivity contribution in [1.82, 2.24) is 5.32 Å². The first kappa shape index (κ1) is 21.4. The molecule has 7 nitrogen and oxygen atoms in total. The fourth-order valence-electron chi connectivity index (χ4n) is 3.41. The molecular weight excluding hydrogens is 384 g/mol. The van der Waals surface area contributed by atoms with Crippen LogP contribution in [0, 0.1) is 0 Å². The van der Waals surface area contributed by atoms with Crippen molar-refractivity contribution < 1.29 is 23.9 Å². The van der Waals surface area contributed by atoms with E-state index < -0.39 is 29.6 Å². The zero-order valence-electron chi connectivity index (χ0n) is 17.6. The Balaban J connectivity index is 1.65. The fraction of sp³-hybridized carbons (Fsp3) is 0.348. The second kappa shape index (κ2) is 8.57. The molecule has 0 heterocycles. The van der Waals surface area contributed by atoms with Gasteiger partial charge >= 0.3 is 12.1 Å². The SMILES string of the molecule is COC(=O)[C@H](CC(=O)Nc1ccc2c(c1)Cc1ccccc1-2)NC(=O)OC(C)(C)C. The Bertz CT molecular complexity index is 978. The molecule has 7 heteroatoms. The molecule has 0 radical (unpaired) electrons. The van der Waals surface area contributed by atoms with Crippen molar-refractivity contribution >= 4 is 23.7 Å². The van der Waals surface area contributed by atoms with Crippen LogP contribution in [0.3, 0.4) is 0 Å². The number of hydrogen-bond donors (Lipinski definition) is 2. The van der Waals surface area contributed by atoms with E-state index in [1.807, 2.05) is 30.3 Å². The summed E-state index contributed by atoms with van der Waals surface area (Å²) in [4.78, 5) is 36.5. The van der Waals surface area contributed by atoms with Crippen molar-refractivity contribution in [3.63, 3.8) is 0 Å². The maximum Gasteiger partial charge on any atom is 0.408 e. The van der Waals surface area contributed by atoms with Gasteiger partial charge in [0.1, 0.15) is 11.6 Å². The molecule has 0 fully saturated rings. The summed E-state index contributed by atoms with van der Waals surface area (Å²) in [6, 6.07) is 12.8. The van der Waals surface area contributed by atoms with Gasteiger partial charge in [0, 0.05) is 5.69 Å². The number of carbonyl (C=O) groups is 3. The zero-order chi connectivity index (χ0) is 21.9. The molecule has 0 spiro atoms. The van der Waals surface area contributed by atoms with Crippen molar-refractivity contribution in [3.05, 3.63) is 53.6 Å². The van der Waals surface area contributed by atoms with Crippen LogP contribution in [0.2, 0.25) is 0 Å². The number of anilines is 1. The molecule has 3 rings (SSSR count). The van der Waals surface area contributed by atoms with E-state index in [1.54, 1.807) is 20.8 Å². The molecular formula is C23H26N2O5. The summed E-state index contributed by atoms with van der Waals surface area (Å²) in [6.07, 6.45) is -0.260. The molecule has 0 bridgehead atoms. The monoisotopic (exact) mass is 410 g/mol. The van der Waals surface area contributed by atoms with Gasteiger partial charge in [0.15, 0.2) is 0 Å². The minimum Gasteiger partial charge on any atom is -0.467 e. The Morgan fingerprint density at radius 3 is 2.43 bits per heavy atom. The highest BCUT2D eigenvalue weighted by molar-refractivity contribution is 5.96. The van der Waals surface area contributed by atoms with E-state index in [9.17, 15) is 14.4 Å². The van der Waals surface area contributed by atoms with Gasteiger partial charge in [-0.05, 0) is 61.6 Å². The summed E-state index contributed by atoms with van der Waals surface area (Å²) in [5.74, 6) is -1.14. The molecule has 2 aromatic carbocycles. The van der Waals surface area contributed by atoms with Crippen LogP contribution in [0.5, 0.6) is 0 Å². The predicted octanol–water partition coefficient (Wildman–Crippen LogP) is 3.65. The summed E-state index contributed by atoms with van der Waals surface area (Å²) >= 11 is 0. The number of nitrogens with one attached hydrogen (secondary N) is 2. The Morgan fingerprint density at radius 2 is 1.73 bits per heavy atom. The topological polar surface area (TPSA) is 93.7 Å². The summed E-state index contributed by atoms with van der Waals surface area (Å²) in [6.45, 7) is 5.12. The molecule has 1 aliphatic carbocycles. The number of hydrogen-bond acceptors (Lipinski definition) is 5. The van der Waals surface area contributed by atoms with Gasteiger partial charge < -0.3 is 20.1 Å². The van der Waals surface area contributed by atoms with Crippen LogP contribution < -0.4 is 10.6 Å². The normalized spacial score (nSPS) is 12.9. The maximum absolute atomic E-state index is 12.5. The van der Waals surface area contributed by atoms with Gasteiger partial charge in [-0.3, -0.25) is 4.79 Å². The largest absolute Gasteiger partial charge is 0.467 e. The molecule has 2 aromatic rings. The fourth-order valence-corrected chi connectivity index (χ4v) is 3.41. The van der Waals surface area contributed by atoms with Gasteiger partial charge in [-0.25, -0.2) is 9.59 Å². The van der Waals surface area contributed by atoms with Gasteiger partial charge in [-0.15, -0.1) is 0 Å².